The van der Waals surface area contributed by atoms with Gasteiger partial charge in [-0.3, -0.25) is 0 Å². The van der Waals surface area contributed by atoms with Gasteiger partial charge in [0.25, 0.3) is 0 Å². The smallest absolute Gasteiger partial charge is 0.106 e. The van der Waals surface area contributed by atoms with Crippen LogP contribution in [0.25, 0.3) is 0 Å². The second kappa shape index (κ2) is 5.76. The zero-order valence-corrected chi connectivity index (χ0v) is 8.10. The monoisotopic (exact) mass is 168 g/mol. The van der Waals surface area contributed by atoms with Crippen LogP contribution in [0.2, 0.25) is 0 Å². The molecule has 0 aromatic heterocycles. The van der Waals surface area contributed by atoms with Crippen LogP contribution in [-0.2, 0) is 0 Å². The third kappa shape index (κ3) is 3.51. The first kappa shape index (κ1) is 11.2. The lowest BCUT2D eigenvalue weighted by molar-refractivity contribution is 0.509. The summed E-state index contributed by atoms with van der Waals surface area (Å²) in [5.41, 5.74) is 0.768. The van der Waals surface area contributed by atoms with E-state index < -0.39 is 0 Å². The molecular weight excluding hydrogens is 151 g/mol. The van der Waals surface area contributed by atoms with E-state index in [1.54, 1.807) is 18.2 Å². The first-order valence-electron chi connectivity index (χ1n) is 4.31. The average molecular weight is 168 g/mol. The predicted octanol–water partition coefficient (Wildman–Crippen LogP) is 4.02. The van der Waals surface area contributed by atoms with Gasteiger partial charge in [0.2, 0.25) is 0 Å². The molecule has 0 aromatic rings. The molecule has 0 unspecified atom stereocenters. The second-order valence-corrected chi connectivity index (χ2v) is 2.98. The van der Waals surface area contributed by atoms with Crippen molar-refractivity contribution in [1.29, 1.82) is 0 Å². The van der Waals surface area contributed by atoms with Crippen molar-refractivity contribution in [3.05, 3.63) is 36.2 Å². The Balaban J connectivity index is 4.60. The minimum Gasteiger partial charge on any atom is -0.211 e. The average Bonchev–Trinajstić information content (AvgIpc) is 2.05. The fourth-order valence-electron chi connectivity index (χ4n) is 0.921. The SMILES string of the molecule is C=C/C=C\C(CC)=C(/F)C(C)C. The van der Waals surface area contributed by atoms with E-state index in [9.17, 15) is 4.39 Å². The van der Waals surface area contributed by atoms with E-state index in [4.69, 9.17) is 0 Å². The van der Waals surface area contributed by atoms with E-state index in [1.165, 1.54) is 0 Å². The maximum atomic E-state index is 13.3. The van der Waals surface area contributed by atoms with Gasteiger partial charge in [-0.25, -0.2) is 4.39 Å². The number of rotatable bonds is 4. The van der Waals surface area contributed by atoms with E-state index in [0.29, 0.717) is 0 Å². The van der Waals surface area contributed by atoms with Gasteiger partial charge >= 0.3 is 0 Å². The lowest BCUT2D eigenvalue weighted by Crippen LogP contribution is -1.91. The van der Waals surface area contributed by atoms with Crippen molar-refractivity contribution >= 4 is 0 Å². The number of allylic oxidation sites excluding steroid dienone is 5. The van der Waals surface area contributed by atoms with Crippen molar-refractivity contribution in [3.8, 4) is 0 Å². The minimum absolute atomic E-state index is 0.0180. The van der Waals surface area contributed by atoms with E-state index in [2.05, 4.69) is 6.58 Å². The topological polar surface area (TPSA) is 0 Å². The third-order valence-electron chi connectivity index (χ3n) is 1.63. The van der Waals surface area contributed by atoms with Crippen LogP contribution in [0.1, 0.15) is 27.2 Å². The Morgan fingerprint density at radius 1 is 1.50 bits per heavy atom. The molecule has 0 heterocycles. The summed E-state index contributed by atoms with van der Waals surface area (Å²) in [7, 11) is 0. The molecule has 0 aliphatic rings. The summed E-state index contributed by atoms with van der Waals surface area (Å²) in [4.78, 5) is 0. The lowest BCUT2D eigenvalue weighted by atomic mass is 10.1. The molecule has 0 amide bonds. The van der Waals surface area contributed by atoms with Crippen LogP contribution in [0.15, 0.2) is 36.2 Å². The highest BCUT2D eigenvalue weighted by atomic mass is 19.1. The van der Waals surface area contributed by atoms with Crippen LogP contribution in [0, 0.1) is 5.92 Å². The molecule has 0 nitrogen and oxygen atoms in total. The Kier molecular flexibility index (Phi) is 5.35. The Morgan fingerprint density at radius 2 is 2.08 bits per heavy atom. The molecule has 12 heavy (non-hydrogen) atoms. The Hall–Kier alpha value is -0.850. The van der Waals surface area contributed by atoms with Gasteiger partial charge in [-0.2, -0.15) is 0 Å². The van der Waals surface area contributed by atoms with Crippen molar-refractivity contribution < 1.29 is 4.39 Å². The van der Waals surface area contributed by atoms with Gasteiger partial charge in [0.1, 0.15) is 5.83 Å². The summed E-state index contributed by atoms with van der Waals surface area (Å²) in [6.45, 7) is 9.20. The summed E-state index contributed by atoms with van der Waals surface area (Å²) >= 11 is 0. The minimum atomic E-state index is -0.0191. The quantitative estimate of drug-likeness (QED) is 0.556. The standard InChI is InChI=1S/C11H17F/c1-5-7-8-10(6-2)11(12)9(3)4/h5,7-9H,1,6H2,2-4H3/b8-7-,11-10-. The van der Waals surface area contributed by atoms with Crippen LogP contribution in [0.4, 0.5) is 4.39 Å². The van der Waals surface area contributed by atoms with Gasteiger partial charge in [0.05, 0.1) is 0 Å². The summed E-state index contributed by atoms with van der Waals surface area (Å²) < 4.78 is 13.3. The summed E-state index contributed by atoms with van der Waals surface area (Å²) in [6, 6.07) is 0. The highest BCUT2D eigenvalue weighted by Crippen LogP contribution is 2.19. The van der Waals surface area contributed by atoms with Gasteiger partial charge in [0.15, 0.2) is 0 Å². The van der Waals surface area contributed by atoms with E-state index in [-0.39, 0.29) is 11.7 Å². The Morgan fingerprint density at radius 3 is 2.42 bits per heavy atom. The molecule has 0 aromatic carbocycles. The van der Waals surface area contributed by atoms with Crippen molar-refractivity contribution in [2.45, 2.75) is 27.2 Å². The van der Waals surface area contributed by atoms with E-state index in [1.807, 2.05) is 20.8 Å². The summed E-state index contributed by atoms with van der Waals surface area (Å²) in [6.07, 6.45) is 5.93. The highest BCUT2D eigenvalue weighted by Gasteiger charge is 2.05. The first-order chi connectivity index (χ1) is 5.63. The van der Waals surface area contributed by atoms with E-state index >= 15 is 0 Å². The van der Waals surface area contributed by atoms with Crippen molar-refractivity contribution in [2.75, 3.05) is 0 Å². The lowest BCUT2D eigenvalue weighted by Gasteiger charge is -2.05. The molecule has 0 spiro atoms. The Bertz CT molecular complexity index is 197. The zero-order chi connectivity index (χ0) is 9.56. The molecule has 0 saturated heterocycles. The number of halogens is 1. The predicted molar refractivity (Wildman–Crippen MR) is 52.6 cm³/mol. The van der Waals surface area contributed by atoms with Crippen LogP contribution in [0.3, 0.4) is 0 Å². The molecule has 0 aliphatic carbocycles. The molecule has 1 heteroatoms. The molecule has 0 fully saturated rings. The fraction of sp³-hybridized carbons (Fsp3) is 0.455. The van der Waals surface area contributed by atoms with Crippen LogP contribution >= 0.6 is 0 Å². The molecule has 0 radical (unpaired) electrons. The van der Waals surface area contributed by atoms with Gasteiger partial charge in [-0.1, -0.05) is 45.6 Å². The van der Waals surface area contributed by atoms with Crippen LogP contribution in [-0.4, -0.2) is 0 Å². The maximum absolute atomic E-state index is 13.3. The summed E-state index contributed by atoms with van der Waals surface area (Å²) in [5.74, 6) is -0.0370. The molecule has 0 saturated carbocycles. The second-order valence-electron chi connectivity index (χ2n) is 2.98. The Labute approximate surface area is 74.5 Å². The molecular formula is C11H17F. The summed E-state index contributed by atoms with van der Waals surface area (Å²) in [5, 5.41) is 0. The molecule has 0 bridgehead atoms. The third-order valence-corrected chi connectivity index (χ3v) is 1.63. The normalized spacial score (nSPS) is 13.8. The van der Waals surface area contributed by atoms with Crippen molar-refractivity contribution in [3.63, 3.8) is 0 Å². The van der Waals surface area contributed by atoms with Gasteiger partial charge in [-0.05, 0) is 12.0 Å². The van der Waals surface area contributed by atoms with Crippen LogP contribution < -0.4 is 0 Å². The molecule has 68 valence electrons. The molecule has 0 aliphatic heterocycles. The molecule has 0 N–H and O–H groups in total. The van der Waals surface area contributed by atoms with E-state index in [0.717, 1.165) is 12.0 Å². The van der Waals surface area contributed by atoms with Crippen LogP contribution in [0.5, 0.6) is 0 Å². The van der Waals surface area contributed by atoms with Crippen molar-refractivity contribution in [2.24, 2.45) is 5.92 Å². The largest absolute Gasteiger partial charge is 0.211 e. The maximum Gasteiger partial charge on any atom is 0.106 e. The molecule has 0 atom stereocenters. The van der Waals surface area contributed by atoms with Gasteiger partial charge < -0.3 is 0 Å². The van der Waals surface area contributed by atoms with Gasteiger partial charge in [-0.15, -0.1) is 0 Å². The van der Waals surface area contributed by atoms with Crippen molar-refractivity contribution in [1.82, 2.24) is 0 Å². The number of hydrogen-bond donors (Lipinski definition) is 0. The first-order valence-corrected chi connectivity index (χ1v) is 4.31. The van der Waals surface area contributed by atoms with Gasteiger partial charge in [0, 0.05) is 5.92 Å². The fourth-order valence-corrected chi connectivity index (χ4v) is 0.921. The molecule has 0 rings (SSSR count). The number of hydrogen-bond acceptors (Lipinski definition) is 0. The zero-order valence-electron chi connectivity index (χ0n) is 8.10. The highest BCUT2D eigenvalue weighted by molar-refractivity contribution is 5.24.